The number of amides is 1. The highest BCUT2D eigenvalue weighted by atomic mass is 32.2. The molecule has 1 aromatic rings. The Morgan fingerprint density at radius 1 is 1.21 bits per heavy atom. The second kappa shape index (κ2) is 6.40. The predicted octanol–water partition coefficient (Wildman–Crippen LogP) is 1.18. The lowest BCUT2D eigenvalue weighted by molar-refractivity contribution is -0.136. The summed E-state index contributed by atoms with van der Waals surface area (Å²) in [5, 5.41) is 0. The Morgan fingerprint density at radius 3 is 2.62 bits per heavy atom. The summed E-state index contributed by atoms with van der Waals surface area (Å²) in [6.07, 6.45) is 0.321. The van der Waals surface area contributed by atoms with E-state index in [2.05, 4.69) is 0 Å². The lowest BCUT2D eigenvalue weighted by Crippen LogP contribution is -2.60. The van der Waals surface area contributed by atoms with Crippen LogP contribution >= 0.6 is 0 Å². The predicted molar refractivity (Wildman–Crippen MR) is 85.0 cm³/mol. The van der Waals surface area contributed by atoms with E-state index in [1.807, 2.05) is 4.90 Å². The van der Waals surface area contributed by atoms with Crippen molar-refractivity contribution in [2.75, 3.05) is 24.6 Å². The molecule has 2 aliphatic heterocycles. The number of benzene rings is 1. The molecular weight excluding hydrogens is 338 g/mol. The normalized spacial score (nSPS) is 26.4. The van der Waals surface area contributed by atoms with E-state index in [-0.39, 0.29) is 35.6 Å². The van der Waals surface area contributed by atoms with Crippen LogP contribution in [0.25, 0.3) is 0 Å². The lowest BCUT2D eigenvalue weighted by atomic mass is 10.0. The van der Waals surface area contributed by atoms with Gasteiger partial charge in [-0.2, -0.15) is 0 Å². The van der Waals surface area contributed by atoms with Gasteiger partial charge in [0.05, 0.1) is 17.5 Å². The van der Waals surface area contributed by atoms with Gasteiger partial charge in [-0.1, -0.05) is 6.92 Å². The molecule has 0 bridgehead atoms. The van der Waals surface area contributed by atoms with Gasteiger partial charge in [0.2, 0.25) is 5.91 Å². The summed E-state index contributed by atoms with van der Waals surface area (Å²) in [6.45, 7) is 2.72. The van der Waals surface area contributed by atoms with Crippen molar-refractivity contribution >= 4 is 15.7 Å². The number of rotatable bonds is 3. The molecule has 2 heterocycles. The molecule has 0 saturated carbocycles. The fourth-order valence-corrected chi connectivity index (χ4v) is 5.63. The number of hydrogen-bond donors (Lipinski definition) is 0. The molecular formula is C16H20F2N2O3S. The Bertz CT molecular complexity index is 754. The average Bonchev–Trinajstić information content (AvgIpc) is 2.85. The van der Waals surface area contributed by atoms with Crippen LogP contribution in [-0.2, 0) is 21.2 Å². The monoisotopic (exact) mass is 358 g/mol. The van der Waals surface area contributed by atoms with Gasteiger partial charge in [-0.15, -0.1) is 0 Å². The number of halogens is 2. The quantitative estimate of drug-likeness (QED) is 0.814. The second-order valence-corrected chi connectivity index (χ2v) is 8.51. The molecule has 0 aromatic heterocycles. The van der Waals surface area contributed by atoms with E-state index in [1.165, 1.54) is 0 Å². The topological polar surface area (TPSA) is 57.7 Å². The number of carbonyl (C=O) groups is 1. The van der Waals surface area contributed by atoms with Gasteiger partial charge in [-0.25, -0.2) is 17.2 Å². The second-order valence-electron chi connectivity index (χ2n) is 6.36. The average molecular weight is 358 g/mol. The number of carbonyl (C=O) groups excluding carboxylic acids is 1. The van der Waals surface area contributed by atoms with Crippen LogP contribution in [0.3, 0.4) is 0 Å². The van der Waals surface area contributed by atoms with Gasteiger partial charge in [-0.3, -0.25) is 9.69 Å². The first-order chi connectivity index (χ1) is 11.3. The fraction of sp³-hybridized carbons (Fsp3) is 0.562. The zero-order valence-corrected chi connectivity index (χ0v) is 14.2. The largest absolute Gasteiger partial charge is 0.336 e. The molecule has 2 atom stereocenters. The summed E-state index contributed by atoms with van der Waals surface area (Å²) < 4.78 is 51.4. The van der Waals surface area contributed by atoms with Crippen LogP contribution in [0.1, 0.15) is 18.9 Å². The van der Waals surface area contributed by atoms with Crippen molar-refractivity contribution in [2.45, 2.75) is 32.0 Å². The van der Waals surface area contributed by atoms with E-state index in [9.17, 15) is 22.0 Å². The first-order valence-corrected chi connectivity index (χ1v) is 9.80. The van der Waals surface area contributed by atoms with Crippen LogP contribution in [-0.4, -0.2) is 60.8 Å². The van der Waals surface area contributed by atoms with E-state index in [0.29, 0.717) is 19.5 Å². The zero-order chi connectivity index (χ0) is 17.5. The van der Waals surface area contributed by atoms with Gasteiger partial charge in [0.1, 0.15) is 11.6 Å². The van der Waals surface area contributed by atoms with Crippen molar-refractivity contribution in [3.8, 4) is 0 Å². The standard InChI is InChI=1S/C16H20F2N2O3S/c1-2-16(21)20-6-5-19(14-9-24(22,23)10-15(14)20)8-11-7-12(17)3-4-13(11)18/h3-4,7,14-15H,2,5-6,8-10H2,1H3. The summed E-state index contributed by atoms with van der Waals surface area (Å²) in [6, 6.07) is 2.48. The number of piperazine rings is 1. The van der Waals surface area contributed by atoms with Crippen molar-refractivity contribution in [1.29, 1.82) is 0 Å². The molecule has 1 aromatic carbocycles. The van der Waals surface area contributed by atoms with Gasteiger partial charge >= 0.3 is 0 Å². The number of fused-ring (bicyclic) bond motifs is 1. The molecule has 2 unspecified atom stereocenters. The van der Waals surface area contributed by atoms with Gasteiger partial charge in [0, 0.05) is 37.7 Å². The zero-order valence-electron chi connectivity index (χ0n) is 13.4. The van der Waals surface area contributed by atoms with Crippen LogP contribution in [0.15, 0.2) is 18.2 Å². The highest BCUT2D eigenvalue weighted by Gasteiger charge is 2.47. The molecule has 0 aliphatic carbocycles. The van der Waals surface area contributed by atoms with E-state index in [0.717, 1.165) is 18.2 Å². The van der Waals surface area contributed by atoms with Crippen LogP contribution in [0.2, 0.25) is 0 Å². The van der Waals surface area contributed by atoms with Crippen molar-refractivity contribution < 1.29 is 22.0 Å². The molecule has 8 heteroatoms. The SMILES string of the molecule is CCC(=O)N1CCN(Cc2cc(F)ccc2F)C2CS(=O)(=O)CC21. The third kappa shape index (κ3) is 3.30. The Kier molecular flexibility index (Phi) is 4.61. The Hall–Kier alpha value is -1.54. The first kappa shape index (κ1) is 17.3. The van der Waals surface area contributed by atoms with Crippen LogP contribution in [0.5, 0.6) is 0 Å². The lowest BCUT2D eigenvalue weighted by Gasteiger charge is -2.44. The minimum Gasteiger partial charge on any atom is -0.336 e. The third-order valence-electron chi connectivity index (χ3n) is 4.80. The molecule has 24 heavy (non-hydrogen) atoms. The summed E-state index contributed by atoms with van der Waals surface area (Å²) in [4.78, 5) is 15.6. The maximum atomic E-state index is 13.9. The van der Waals surface area contributed by atoms with Crippen molar-refractivity contribution in [1.82, 2.24) is 9.80 Å². The van der Waals surface area contributed by atoms with E-state index >= 15 is 0 Å². The van der Waals surface area contributed by atoms with Crippen molar-refractivity contribution in [3.63, 3.8) is 0 Å². The molecule has 0 radical (unpaired) electrons. The Morgan fingerprint density at radius 2 is 1.92 bits per heavy atom. The summed E-state index contributed by atoms with van der Waals surface area (Å²) in [5.41, 5.74) is 0.202. The van der Waals surface area contributed by atoms with Crippen molar-refractivity contribution in [2.24, 2.45) is 0 Å². The smallest absolute Gasteiger partial charge is 0.222 e. The molecule has 1 amide bonds. The highest BCUT2D eigenvalue weighted by Crippen LogP contribution is 2.29. The van der Waals surface area contributed by atoms with Gasteiger partial charge in [0.25, 0.3) is 0 Å². The van der Waals surface area contributed by atoms with Crippen LogP contribution in [0.4, 0.5) is 8.78 Å². The fourth-order valence-electron chi connectivity index (χ4n) is 3.62. The van der Waals surface area contributed by atoms with Crippen LogP contribution < -0.4 is 0 Å². The molecule has 3 rings (SSSR count). The molecule has 0 spiro atoms. The molecule has 0 N–H and O–H groups in total. The maximum Gasteiger partial charge on any atom is 0.222 e. The number of sulfone groups is 1. The molecule has 2 aliphatic rings. The third-order valence-corrected chi connectivity index (χ3v) is 6.49. The summed E-state index contributed by atoms with van der Waals surface area (Å²) in [7, 11) is -3.25. The van der Waals surface area contributed by atoms with E-state index in [4.69, 9.17) is 0 Å². The minimum absolute atomic E-state index is 0.0535. The summed E-state index contributed by atoms with van der Waals surface area (Å²) >= 11 is 0. The van der Waals surface area contributed by atoms with E-state index in [1.54, 1.807) is 11.8 Å². The Labute approximate surface area is 140 Å². The Balaban J connectivity index is 1.85. The molecule has 2 fully saturated rings. The number of nitrogens with zero attached hydrogens (tertiary/aromatic N) is 2. The summed E-state index contributed by atoms with van der Waals surface area (Å²) in [5.74, 6) is -1.23. The maximum absolute atomic E-state index is 13.9. The van der Waals surface area contributed by atoms with Gasteiger partial charge in [0.15, 0.2) is 9.84 Å². The van der Waals surface area contributed by atoms with Crippen LogP contribution in [0, 0.1) is 11.6 Å². The van der Waals surface area contributed by atoms with Crippen molar-refractivity contribution in [3.05, 3.63) is 35.4 Å². The number of hydrogen-bond acceptors (Lipinski definition) is 4. The highest BCUT2D eigenvalue weighted by molar-refractivity contribution is 7.91. The van der Waals surface area contributed by atoms with Gasteiger partial charge in [-0.05, 0) is 18.2 Å². The molecule has 132 valence electrons. The molecule has 5 nitrogen and oxygen atoms in total. The minimum atomic E-state index is -3.25. The molecule has 2 saturated heterocycles. The van der Waals surface area contributed by atoms with E-state index < -0.39 is 27.5 Å². The van der Waals surface area contributed by atoms with Gasteiger partial charge < -0.3 is 4.90 Å². The first-order valence-electron chi connectivity index (χ1n) is 7.98.